The molecule has 0 spiro atoms. The van der Waals surface area contributed by atoms with Crippen LogP contribution in [0.15, 0.2) is 59.1 Å². The van der Waals surface area contributed by atoms with E-state index in [4.69, 9.17) is 5.73 Å². The largest absolute Gasteiger partial charge is 0.416 e. The van der Waals surface area contributed by atoms with Crippen LogP contribution in [-0.4, -0.2) is 5.78 Å². The van der Waals surface area contributed by atoms with E-state index in [1.807, 2.05) is 26.0 Å². The molecular formula is C27H28F3N3OS. The number of nitrogens with zero attached hydrogens (tertiary/aromatic N) is 2. The third-order valence-corrected chi connectivity index (χ3v) is 7.79. The lowest BCUT2D eigenvalue weighted by atomic mass is 9.69. The van der Waals surface area contributed by atoms with E-state index in [2.05, 4.69) is 13.0 Å². The number of Topliss-reactive ketones (excluding diaryl/α,β-unsaturated/α-hetero) is 1. The summed E-state index contributed by atoms with van der Waals surface area (Å²) in [5, 5.41) is 10.1. The molecule has 2 N–H and O–H groups in total. The number of thiophene rings is 1. The molecule has 1 aliphatic carbocycles. The zero-order valence-corrected chi connectivity index (χ0v) is 20.8. The van der Waals surface area contributed by atoms with E-state index in [1.165, 1.54) is 17.0 Å². The minimum absolute atomic E-state index is 0.0538. The number of hydrogen-bond donors (Lipinski definition) is 1. The van der Waals surface area contributed by atoms with Gasteiger partial charge in [-0.15, -0.1) is 11.3 Å². The molecule has 1 aromatic heterocycles. The van der Waals surface area contributed by atoms with E-state index < -0.39 is 17.7 Å². The summed E-state index contributed by atoms with van der Waals surface area (Å²) in [7, 11) is 0. The van der Waals surface area contributed by atoms with E-state index in [0.29, 0.717) is 29.8 Å². The molecule has 1 unspecified atom stereocenters. The van der Waals surface area contributed by atoms with E-state index in [1.54, 1.807) is 16.2 Å². The van der Waals surface area contributed by atoms with Gasteiger partial charge in [0.15, 0.2) is 5.78 Å². The Hall–Kier alpha value is -3.05. The Morgan fingerprint density at radius 1 is 1.17 bits per heavy atom. The zero-order valence-electron chi connectivity index (χ0n) is 20.0. The van der Waals surface area contributed by atoms with Crippen molar-refractivity contribution in [3.63, 3.8) is 0 Å². The van der Waals surface area contributed by atoms with Crippen molar-refractivity contribution in [1.82, 2.24) is 0 Å². The quantitative estimate of drug-likeness (QED) is 0.479. The summed E-state index contributed by atoms with van der Waals surface area (Å²) in [5.74, 6) is -0.461. The molecule has 4 nitrogen and oxygen atoms in total. The fraction of sp³-hybridized carbons (Fsp3) is 0.407. The highest BCUT2D eigenvalue weighted by atomic mass is 32.1. The van der Waals surface area contributed by atoms with Gasteiger partial charge < -0.3 is 5.73 Å². The number of allylic oxidation sites excluding steroid dienone is 3. The van der Waals surface area contributed by atoms with Gasteiger partial charge in [-0.2, -0.15) is 18.4 Å². The van der Waals surface area contributed by atoms with Crippen LogP contribution in [0.4, 0.5) is 18.9 Å². The second-order valence-corrected chi connectivity index (χ2v) is 11.1. The van der Waals surface area contributed by atoms with Gasteiger partial charge >= 0.3 is 6.18 Å². The number of halogens is 3. The number of carbonyl (C=O) groups is 1. The fourth-order valence-corrected chi connectivity index (χ4v) is 6.10. The normalized spacial score (nSPS) is 20.2. The number of ketones is 1. The molecule has 0 saturated heterocycles. The van der Waals surface area contributed by atoms with Crippen molar-refractivity contribution in [2.45, 2.75) is 65.0 Å². The number of hydrogen-bond acceptors (Lipinski definition) is 5. The Kier molecular flexibility index (Phi) is 6.58. The first-order valence-corrected chi connectivity index (χ1v) is 12.5. The molecule has 35 heavy (non-hydrogen) atoms. The van der Waals surface area contributed by atoms with Gasteiger partial charge in [0, 0.05) is 33.1 Å². The highest BCUT2D eigenvalue weighted by molar-refractivity contribution is 7.12. The molecule has 4 rings (SSSR count). The number of benzene rings is 1. The van der Waals surface area contributed by atoms with Gasteiger partial charge in [0.05, 0.1) is 23.1 Å². The SMILES string of the molecule is CCCCc1ccc(C2C(C#N)=C(N)N(c3ccc(C(F)(F)F)cc3)C3=C2C(=O)CC(C)(C)C3)s1. The monoisotopic (exact) mass is 499 g/mol. The van der Waals surface area contributed by atoms with E-state index >= 15 is 0 Å². The van der Waals surface area contributed by atoms with E-state index in [-0.39, 0.29) is 22.6 Å². The molecule has 2 heterocycles. The van der Waals surface area contributed by atoms with Crippen LogP contribution < -0.4 is 10.6 Å². The molecule has 8 heteroatoms. The second kappa shape index (κ2) is 9.19. The topological polar surface area (TPSA) is 70.1 Å². The van der Waals surface area contributed by atoms with Crippen molar-refractivity contribution in [1.29, 1.82) is 5.26 Å². The molecule has 0 saturated carbocycles. The molecule has 1 aliphatic heterocycles. The van der Waals surface area contributed by atoms with Gasteiger partial charge in [0.2, 0.25) is 0 Å². The van der Waals surface area contributed by atoms with Gasteiger partial charge in [-0.3, -0.25) is 9.69 Å². The summed E-state index contributed by atoms with van der Waals surface area (Å²) in [4.78, 5) is 17.2. The molecule has 0 radical (unpaired) electrons. The summed E-state index contributed by atoms with van der Waals surface area (Å²) in [5.41, 5.74) is 7.28. The molecule has 2 aromatic rings. The smallest absolute Gasteiger partial charge is 0.384 e. The van der Waals surface area contributed by atoms with Crippen LogP contribution in [0, 0.1) is 16.7 Å². The number of nitriles is 1. The van der Waals surface area contributed by atoms with Crippen molar-refractivity contribution >= 4 is 22.8 Å². The van der Waals surface area contributed by atoms with Crippen LogP contribution in [-0.2, 0) is 17.4 Å². The van der Waals surface area contributed by atoms with E-state index in [0.717, 1.165) is 36.3 Å². The average Bonchev–Trinajstić information content (AvgIpc) is 3.24. The maximum Gasteiger partial charge on any atom is 0.416 e. The van der Waals surface area contributed by atoms with Crippen LogP contribution in [0.5, 0.6) is 0 Å². The van der Waals surface area contributed by atoms with Crippen molar-refractivity contribution in [2.75, 3.05) is 4.90 Å². The first kappa shape index (κ1) is 25.1. The number of carbonyl (C=O) groups excluding carboxylic acids is 1. The summed E-state index contributed by atoms with van der Waals surface area (Å²) >= 11 is 1.59. The average molecular weight is 500 g/mol. The second-order valence-electron chi connectivity index (χ2n) is 9.93. The van der Waals surface area contributed by atoms with Crippen LogP contribution in [0.25, 0.3) is 0 Å². The maximum atomic E-state index is 13.5. The number of nitrogens with two attached hydrogens (primary N) is 1. The van der Waals surface area contributed by atoms with E-state index in [9.17, 15) is 23.2 Å². The first-order chi connectivity index (χ1) is 16.5. The fourth-order valence-electron chi connectivity index (χ4n) is 4.92. The van der Waals surface area contributed by atoms with Crippen LogP contribution in [0.3, 0.4) is 0 Å². The lowest BCUT2D eigenvalue weighted by Gasteiger charge is -2.43. The minimum Gasteiger partial charge on any atom is -0.384 e. The summed E-state index contributed by atoms with van der Waals surface area (Å²) < 4.78 is 39.5. The number of rotatable bonds is 5. The summed E-state index contributed by atoms with van der Waals surface area (Å²) in [6.07, 6.45) is -0.574. The van der Waals surface area contributed by atoms with Crippen LogP contribution in [0.1, 0.15) is 67.7 Å². The third kappa shape index (κ3) is 4.74. The van der Waals surface area contributed by atoms with Crippen molar-refractivity contribution in [2.24, 2.45) is 11.1 Å². The molecule has 1 atom stereocenters. The third-order valence-electron chi connectivity index (χ3n) is 6.58. The van der Waals surface area contributed by atoms with Crippen molar-refractivity contribution in [3.05, 3.63) is 74.4 Å². The Morgan fingerprint density at radius 3 is 2.46 bits per heavy atom. The van der Waals surface area contributed by atoms with Crippen molar-refractivity contribution in [3.8, 4) is 6.07 Å². The Labute approximate surface area is 207 Å². The van der Waals surface area contributed by atoms with Gasteiger partial charge in [0.1, 0.15) is 5.82 Å². The van der Waals surface area contributed by atoms with Crippen LogP contribution in [0.2, 0.25) is 0 Å². The Balaban J connectivity index is 1.88. The predicted octanol–water partition coefficient (Wildman–Crippen LogP) is 7.05. The highest BCUT2D eigenvalue weighted by Crippen LogP contribution is 2.51. The Bertz CT molecular complexity index is 1250. The number of alkyl halides is 3. The van der Waals surface area contributed by atoms with Gasteiger partial charge in [0.25, 0.3) is 0 Å². The van der Waals surface area contributed by atoms with Gasteiger partial charge in [-0.05, 0) is 61.1 Å². The zero-order chi connectivity index (χ0) is 25.5. The molecular weight excluding hydrogens is 471 g/mol. The van der Waals surface area contributed by atoms with Crippen molar-refractivity contribution < 1.29 is 18.0 Å². The highest BCUT2D eigenvalue weighted by Gasteiger charge is 2.45. The number of anilines is 1. The molecule has 2 aliphatic rings. The number of unbranched alkanes of at least 4 members (excludes halogenated alkanes) is 1. The molecule has 184 valence electrons. The molecule has 0 bridgehead atoms. The number of aryl methyl sites for hydroxylation is 1. The predicted molar refractivity (Wildman–Crippen MR) is 131 cm³/mol. The minimum atomic E-state index is -4.47. The standard InChI is InChI=1S/C27H28F3N3OS/c1-4-5-6-18-11-12-22(35-18)23-19(15-31)25(32)33(17-9-7-16(8-10-17)27(28,29)30)20-13-26(2,3)14-21(34)24(20)23/h7-12,23H,4-6,13-14,32H2,1-3H3. The summed E-state index contributed by atoms with van der Waals surface area (Å²) in [6.45, 7) is 6.10. The molecule has 0 fully saturated rings. The first-order valence-electron chi connectivity index (χ1n) is 11.7. The lowest BCUT2D eigenvalue weighted by molar-refractivity contribution is -0.137. The van der Waals surface area contributed by atoms with Gasteiger partial charge in [-0.25, -0.2) is 0 Å². The van der Waals surface area contributed by atoms with Crippen LogP contribution >= 0.6 is 11.3 Å². The maximum absolute atomic E-state index is 13.5. The lowest BCUT2D eigenvalue weighted by Crippen LogP contribution is -2.42. The molecule has 0 amide bonds. The van der Waals surface area contributed by atoms with Gasteiger partial charge in [-0.1, -0.05) is 27.2 Å². The molecule has 1 aromatic carbocycles. The summed E-state index contributed by atoms with van der Waals surface area (Å²) in [6, 6.07) is 10.9. The Morgan fingerprint density at radius 2 is 1.86 bits per heavy atom.